The Morgan fingerprint density at radius 3 is 2.53 bits per heavy atom. The fourth-order valence-corrected chi connectivity index (χ4v) is 3.27. The van der Waals surface area contributed by atoms with E-state index in [9.17, 15) is 0 Å². The molecule has 0 radical (unpaired) electrons. The molecular weight excluding hydrogens is 258 g/mol. The number of nitrogens with zero attached hydrogens (tertiary/aromatic N) is 3. The van der Waals surface area contributed by atoms with E-state index in [0.29, 0.717) is 11.2 Å². The molecule has 1 aromatic carbocycles. The lowest BCUT2D eigenvalue weighted by molar-refractivity contribution is 0.612. The molecule has 0 unspecified atom stereocenters. The van der Waals surface area contributed by atoms with Crippen molar-refractivity contribution in [3.63, 3.8) is 0 Å². The third kappa shape index (κ3) is 2.27. The van der Waals surface area contributed by atoms with Gasteiger partial charge in [0.25, 0.3) is 0 Å². The Labute approximate surface area is 118 Å². The Balaban J connectivity index is 2.10. The first-order valence-electron chi connectivity index (χ1n) is 6.99. The molecule has 0 aliphatic heterocycles. The molecule has 0 atom stereocenters. The van der Waals surface area contributed by atoms with Crippen LogP contribution in [0.5, 0.6) is 0 Å². The number of hydrogen-bond acceptors (Lipinski definition) is 3. The molecule has 1 aliphatic carbocycles. The van der Waals surface area contributed by atoms with Crippen LogP contribution < -0.4 is 4.90 Å². The minimum absolute atomic E-state index is 0.488. The van der Waals surface area contributed by atoms with Crippen LogP contribution in [-0.2, 0) is 0 Å². The first kappa shape index (κ1) is 12.7. The Bertz CT molecular complexity index is 579. The highest BCUT2D eigenvalue weighted by atomic mass is 35.5. The lowest BCUT2D eigenvalue weighted by atomic mass is 10.1. The van der Waals surface area contributed by atoms with E-state index < -0.39 is 0 Å². The van der Waals surface area contributed by atoms with Gasteiger partial charge in [-0.2, -0.15) is 0 Å². The zero-order valence-corrected chi connectivity index (χ0v) is 11.9. The molecule has 0 amide bonds. The molecule has 1 heterocycles. The largest absolute Gasteiger partial charge is 0.352 e. The number of halogens is 1. The molecule has 0 bridgehead atoms. The van der Waals surface area contributed by atoms with Crippen molar-refractivity contribution in [2.75, 3.05) is 11.4 Å². The van der Waals surface area contributed by atoms with Gasteiger partial charge in [-0.25, -0.2) is 0 Å². The van der Waals surface area contributed by atoms with Gasteiger partial charge in [-0.3, -0.25) is 0 Å². The molecule has 1 aliphatic rings. The third-order valence-corrected chi connectivity index (χ3v) is 4.28. The minimum atomic E-state index is 0.488. The van der Waals surface area contributed by atoms with Crippen LogP contribution in [0.3, 0.4) is 0 Å². The summed E-state index contributed by atoms with van der Waals surface area (Å²) in [6.45, 7) is 3.15. The van der Waals surface area contributed by atoms with Crippen molar-refractivity contribution < 1.29 is 0 Å². The van der Waals surface area contributed by atoms with Crippen LogP contribution in [0.1, 0.15) is 32.6 Å². The van der Waals surface area contributed by atoms with Crippen molar-refractivity contribution in [3.8, 4) is 0 Å². The molecule has 19 heavy (non-hydrogen) atoms. The number of rotatable bonds is 3. The second kappa shape index (κ2) is 5.33. The summed E-state index contributed by atoms with van der Waals surface area (Å²) in [7, 11) is 0. The predicted octanol–water partition coefficient (Wildman–Crippen LogP) is 4.05. The molecule has 100 valence electrons. The van der Waals surface area contributed by atoms with E-state index in [4.69, 9.17) is 11.6 Å². The summed E-state index contributed by atoms with van der Waals surface area (Å²) in [6, 6.07) is 8.72. The Morgan fingerprint density at radius 2 is 1.84 bits per heavy atom. The first-order valence-corrected chi connectivity index (χ1v) is 7.36. The summed E-state index contributed by atoms with van der Waals surface area (Å²) in [4.78, 5) is 2.39. The van der Waals surface area contributed by atoms with Gasteiger partial charge >= 0.3 is 0 Å². The maximum Gasteiger partial charge on any atom is 0.159 e. The van der Waals surface area contributed by atoms with Crippen molar-refractivity contribution in [2.45, 2.75) is 38.6 Å². The SMILES string of the molecule is CCN(c1nnc(Cl)c2ccccc12)C1CCCC1. The van der Waals surface area contributed by atoms with E-state index in [2.05, 4.69) is 28.1 Å². The topological polar surface area (TPSA) is 29.0 Å². The molecule has 3 nitrogen and oxygen atoms in total. The van der Waals surface area contributed by atoms with Crippen LogP contribution in [0.25, 0.3) is 10.8 Å². The number of aromatic nitrogens is 2. The van der Waals surface area contributed by atoms with Crippen molar-refractivity contribution >= 4 is 28.2 Å². The summed E-state index contributed by atoms with van der Waals surface area (Å²) in [5.41, 5.74) is 0. The first-order chi connectivity index (χ1) is 9.31. The summed E-state index contributed by atoms with van der Waals surface area (Å²) >= 11 is 6.14. The van der Waals surface area contributed by atoms with Gasteiger partial charge in [0.1, 0.15) is 0 Å². The summed E-state index contributed by atoms with van der Waals surface area (Å²) in [6.07, 6.45) is 5.15. The van der Waals surface area contributed by atoms with Gasteiger partial charge in [0.15, 0.2) is 11.0 Å². The van der Waals surface area contributed by atoms with E-state index in [1.165, 1.54) is 25.7 Å². The molecule has 1 aromatic heterocycles. The quantitative estimate of drug-likeness (QED) is 0.846. The molecule has 1 fully saturated rings. The van der Waals surface area contributed by atoms with Crippen LogP contribution in [0.15, 0.2) is 24.3 Å². The van der Waals surface area contributed by atoms with Crippen molar-refractivity contribution in [1.29, 1.82) is 0 Å². The molecule has 2 aromatic rings. The number of benzene rings is 1. The van der Waals surface area contributed by atoms with Gasteiger partial charge in [0.2, 0.25) is 0 Å². The fraction of sp³-hybridized carbons (Fsp3) is 0.467. The Hall–Kier alpha value is -1.35. The highest BCUT2D eigenvalue weighted by Gasteiger charge is 2.24. The van der Waals surface area contributed by atoms with E-state index >= 15 is 0 Å². The lowest BCUT2D eigenvalue weighted by Crippen LogP contribution is -2.34. The average molecular weight is 276 g/mol. The van der Waals surface area contributed by atoms with Crippen LogP contribution in [0.4, 0.5) is 5.82 Å². The molecule has 0 spiro atoms. The number of anilines is 1. The number of fused-ring (bicyclic) bond motifs is 1. The average Bonchev–Trinajstić information content (AvgIpc) is 2.96. The predicted molar refractivity (Wildman–Crippen MR) is 79.8 cm³/mol. The van der Waals surface area contributed by atoms with Gasteiger partial charge < -0.3 is 4.90 Å². The molecule has 0 N–H and O–H groups in total. The standard InChI is InChI=1S/C15H18ClN3/c1-2-19(11-7-3-4-8-11)15-13-10-6-5-9-12(13)14(16)17-18-15/h5-6,9-11H,2-4,7-8H2,1H3. The normalized spacial score (nSPS) is 16.1. The lowest BCUT2D eigenvalue weighted by Gasteiger charge is -2.29. The zero-order chi connectivity index (χ0) is 13.2. The van der Waals surface area contributed by atoms with Crippen molar-refractivity contribution in [1.82, 2.24) is 10.2 Å². The molecule has 1 saturated carbocycles. The molecule has 0 saturated heterocycles. The zero-order valence-electron chi connectivity index (χ0n) is 11.1. The van der Waals surface area contributed by atoms with E-state index in [1.54, 1.807) is 0 Å². The summed E-state index contributed by atoms with van der Waals surface area (Å²) in [5, 5.41) is 11.1. The van der Waals surface area contributed by atoms with Crippen molar-refractivity contribution in [2.24, 2.45) is 0 Å². The van der Waals surface area contributed by atoms with Crippen LogP contribution in [0, 0.1) is 0 Å². The highest BCUT2D eigenvalue weighted by Crippen LogP contribution is 2.32. The van der Waals surface area contributed by atoms with E-state index in [0.717, 1.165) is 23.1 Å². The van der Waals surface area contributed by atoms with Gasteiger partial charge in [-0.05, 0) is 19.8 Å². The monoisotopic (exact) mass is 275 g/mol. The Morgan fingerprint density at radius 1 is 1.16 bits per heavy atom. The maximum atomic E-state index is 6.14. The van der Waals surface area contributed by atoms with Crippen molar-refractivity contribution in [3.05, 3.63) is 29.4 Å². The van der Waals surface area contributed by atoms with Gasteiger partial charge in [0.05, 0.1) is 0 Å². The van der Waals surface area contributed by atoms with Gasteiger partial charge in [-0.1, -0.05) is 48.7 Å². The van der Waals surface area contributed by atoms with Crippen LogP contribution >= 0.6 is 11.6 Å². The maximum absolute atomic E-state index is 6.14. The smallest absolute Gasteiger partial charge is 0.159 e. The molecule has 4 heteroatoms. The van der Waals surface area contributed by atoms with Crippen LogP contribution in [0.2, 0.25) is 5.15 Å². The van der Waals surface area contributed by atoms with Gasteiger partial charge in [0, 0.05) is 23.4 Å². The highest BCUT2D eigenvalue weighted by molar-refractivity contribution is 6.34. The fourth-order valence-electron chi connectivity index (χ4n) is 3.07. The van der Waals surface area contributed by atoms with Gasteiger partial charge in [-0.15, -0.1) is 10.2 Å². The van der Waals surface area contributed by atoms with E-state index in [1.807, 2.05) is 18.2 Å². The second-order valence-electron chi connectivity index (χ2n) is 5.08. The van der Waals surface area contributed by atoms with E-state index in [-0.39, 0.29) is 0 Å². The molecular formula is C15H18ClN3. The number of hydrogen-bond donors (Lipinski definition) is 0. The minimum Gasteiger partial charge on any atom is -0.352 e. The summed E-state index contributed by atoms with van der Waals surface area (Å²) in [5.74, 6) is 0.981. The Kier molecular flexibility index (Phi) is 3.56. The summed E-state index contributed by atoms with van der Waals surface area (Å²) < 4.78 is 0. The van der Waals surface area contributed by atoms with Crippen LogP contribution in [-0.4, -0.2) is 22.8 Å². The second-order valence-corrected chi connectivity index (χ2v) is 5.44. The third-order valence-electron chi connectivity index (χ3n) is 4.00. The molecule has 3 rings (SSSR count).